The lowest BCUT2D eigenvalue weighted by atomic mass is 10.2. The van der Waals surface area contributed by atoms with Gasteiger partial charge in [-0.3, -0.25) is 0 Å². The summed E-state index contributed by atoms with van der Waals surface area (Å²) in [6.07, 6.45) is 4.52. The summed E-state index contributed by atoms with van der Waals surface area (Å²) in [4.78, 5) is 10.6. The number of rotatable bonds is 10. The fraction of sp³-hybridized carbons (Fsp3) is 0.909. The van der Waals surface area contributed by atoms with E-state index in [4.69, 9.17) is 14.6 Å². The summed E-state index contributed by atoms with van der Waals surface area (Å²) in [5.41, 5.74) is 0. The molecule has 0 aliphatic heterocycles. The normalized spacial score (nSPS) is 12.7. The Morgan fingerprint density at radius 1 is 1.13 bits per heavy atom. The van der Waals surface area contributed by atoms with Gasteiger partial charge in [0.2, 0.25) is 0 Å². The molecule has 0 aromatic rings. The first-order valence-corrected chi connectivity index (χ1v) is 5.68. The van der Waals surface area contributed by atoms with Crippen LogP contribution in [0.5, 0.6) is 0 Å². The predicted octanol–water partition coefficient (Wildman–Crippen LogP) is 2.42. The van der Waals surface area contributed by atoms with E-state index in [2.05, 4.69) is 6.92 Å². The van der Waals surface area contributed by atoms with Gasteiger partial charge in [-0.1, -0.05) is 32.6 Å². The molecule has 15 heavy (non-hydrogen) atoms. The third kappa shape index (κ3) is 8.39. The van der Waals surface area contributed by atoms with Crippen LogP contribution in [0, 0.1) is 0 Å². The minimum absolute atomic E-state index is 0.354. The third-order valence-electron chi connectivity index (χ3n) is 2.04. The van der Waals surface area contributed by atoms with E-state index in [-0.39, 0.29) is 0 Å². The lowest BCUT2D eigenvalue weighted by molar-refractivity contribution is -0.188. The van der Waals surface area contributed by atoms with E-state index in [1.54, 1.807) is 6.92 Å². The first-order chi connectivity index (χ1) is 7.22. The smallest absolute Gasteiger partial charge is 0.361 e. The zero-order chi connectivity index (χ0) is 11.5. The molecule has 0 spiro atoms. The van der Waals surface area contributed by atoms with Crippen LogP contribution in [0.4, 0.5) is 0 Å². The maximum absolute atomic E-state index is 10.6. The molecular formula is C11H22O4. The summed E-state index contributed by atoms with van der Waals surface area (Å²) in [6, 6.07) is 0. The third-order valence-corrected chi connectivity index (χ3v) is 2.04. The van der Waals surface area contributed by atoms with Crippen LogP contribution in [-0.4, -0.2) is 30.6 Å². The summed E-state index contributed by atoms with van der Waals surface area (Å²) >= 11 is 0. The van der Waals surface area contributed by atoms with E-state index in [1.165, 1.54) is 19.3 Å². The highest BCUT2D eigenvalue weighted by Gasteiger charge is 2.16. The van der Waals surface area contributed by atoms with Crippen LogP contribution in [0.25, 0.3) is 0 Å². The van der Waals surface area contributed by atoms with Crippen molar-refractivity contribution < 1.29 is 19.4 Å². The molecule has 0 rings (SSSR count). The van der Waals surface area contributed by atoms with Gasteiger partial charge in [0.1, 0.15) is 0 Å². The Balaban J connectivity index is 3.41. The average molecular weight is 218 g/mol. The average Bonchev–Trinajstić information content (AvgIpc) is 2.21. The molecule has 0 bridgehead atoms. The molecule has 0 amide bonds. The summed E-state index contributed by atoms with van der Waals surface area (Å²) < 4.78 is 10.0. The van der Waals surface area contributed by atoms with Crippen molar-refractivity contribution in [1.29, 1.82) is 0 Å². The molecular weight excluding hydrogens is 196 g/mol. The second-order valence-electron chi connectivity index (χ2n) is 3.41. The molecule has 0 aromatic heterocycles. The number of unbranched alkanes of at least 4 members (excludes halogenated alkanes) is 4. The lowest BCUT2D eigenvalue weighted by Gasteiger charge is -2.12. The van der Waals surface area contributed by atoms with Crippen LogP contribution < -0.4 is 0 Å². The quantitative estimate of drug-likeness (QED) is 0.452. The summed E-state index contributed by atoms with van der Waals surface area (Å²) in [5, 5.41) is 8.70. The van der Waals surface area contributed by atoms with Crippen molar-refractivity contribution >= 4 is 5.97 Å². The fourth-order valence-electron chi connectivity index (χ4n) is 1.24. The number of ether oxygens (including phenoxy) is 2. The minimum Gasteiger partial charge on any atom is -0.477 e. The largest absolute Gasteiger partial charge is 0.477 e. The Morgan fingerprint density at radius 2 is 1.80 bits per heavy atom. The Hall–Kier alpha value is -0.610. The van der Waals surface area contributed by atoms with Crippen LogP contribution in [0.1, 0.15) is 46.0 Å². The monoisotopic (exact) mass is 218 g/mol. The number of hydrogen-bond acceptors (Lipinski definition) is 3. The summed E-state index contributed by atoms with van der Waals surface area (Å²) in [7, 11) is 0. The topological polar surface area (TPSA) is 55.8 Å². The van der Waals surface area contributed by atoms with Gasteiger partial charge < -0.3 is 14.6 Å². The Labute approximate surface area is 91.6 Å². The van der Waals surface area contributed by atoms with Gasteiger partial charge in [0.15, 0.2) is 0 Å². The van der Waals surface area contributed by atoms with Crippen molar-refractivity contribution in [3.8, 4) is 0 Å². The van der Waals surface area contributed by atoms with Crippen molar-refractivity contribution in [2.24, 2.45) is 0 Å². The van der Waals surface area contributed by atoms with Gasteiger partial charge in [-0.05, 0) is 13.3 Å². The highest BCUT2D eigenvalue weighted by molar-refractivity contribution is 5.70. The van der Waals surface area contributed by atoms with Crippen molar-refractivity contribution in [2.75, 3.05) is 13.2 Å². The molecule has 0 saturated heterocycles. The van der Waals surface area contributed by atoms with Crippen LogP contribution in [0.3, 0.4) is 0 Å². The van der Waals surface area contributed by atoms with E-state index in [0.717, 1.165) is 12.8 Å². The standard InChI is InChI=1S/C11H22O4/c1-3-5-6-7-8-9-15-11(10(12)13)14-4-2/h11H,3-9H2,1-2H3,(H,12,13). The predicted molar refractivity (Wildman–Crippen MR) is 57.8 cm³/mol. The molecule has 0 aliphatic carbocycles. The van der Waals surface area contributed by atoms with Crippen LogP contribution >= 0.6 is 0 Å². The van der Waals surface area contributed by atoms with E-state index in [1.807, 2.05) is 0 Å². The number of aliphatic carboxylic acids is 1. The molecule has 0 fully saturated rings. The Bertz CT molecular complexity index is 159. The SMILES string of the molecule is CCCCCCCOC(OCC)C(=O)O. The molecule has 4 nitrogen and oxygen atoms in total. The van der Waals surface area contributed by atoms with E-state index in [0.29, 0.717) is 13.2 Å². The molecule has 0 saturated carbocycles. The van der Waals surface area contributed by atoms with E-state index in [9.17, 15) is 4.79 Å². The highest BCUT2D eigenvalue weighted by atomic mass is 16.7. The molecule has 4 heteroatoms. The first-order valence-electron chi connectivity index (χ1n) is 5.68. The highest BCUT2D eigenvalue weighted by Crippen LogP contribution is 2.04. The van der Waals surface area contributed by atoms with Gasteiger partial charge in [0, 0.05) is 6.61 Å². The molecule has 0 radical (unpaired) electrons. The van der Waals surface area contributed by atoms with E-state index >= 15 is 0 Å². The van der Waals surface area contributed by atoms with Crippen LogP contribution in [-0.2, 0) is 14.3 Å². The molecule has 90 valence electrons. The van der Waals surface area contributed by atoms with Gasteiger partial charge in [0.25, 0.3) is 6.29 Å². The lowest BCUT2D eigenvalue weighted by Crippen LogP contribution is -2.27. The van der Waals surface area contributed by atoms with Crippen molar-refractivity contribution in [3.05, 3.63) is 0 Å². The summed E-state index contributed by atoms with van der Waals surface area (Å²) in [5.74, 6) is -1.05. The minimum atomic E-state index is -1.10. The Kier molecular flexibility index (Phi) is 9.52. The van der Waals surface area contributed by atoms with Gasteiger partial charge in [-0.2, -0.15) is 0 Å². The van der Waals surface area contributed by atoms with Gasteiger partial charge in [-0.15, -0.1) is 0 Å². The molecule has 0 aliphatic rings. The number of carboxylic acids is 1. The van der Waals surface area contributed by atoms with Crippen LogP contribution in [0.2, 0.25) is 0 Å². The Morgan fingerprint density at radius 3 is 2.33 bits per heavy atom. The second kappa shape index (κ2) is 9.93. The number of carbonyl (C=O) groups is 1. The maximum atomic E-state index is 10.6. The molecule has 0 heterocycles. The molecule has 1 atom stereocenters. The molecule has 1 N–H and O–H groups in total. The molecule has 0 aromatic carbocycles. The zero-order valence-electron chi connectivity index (χ0n) is 9.70. The van der Waals surface area contributed by atoms with Gasteiger partial charge in [0.05, 0.1) is 6.61 Å². The number of carboxylic acid groups (broad SMARTS) is 1. The van der Waals surface area contributed by atoms with Gasteiger partial charge in [-0.25, -0.2) is 4.79 Å². The fourth-order valence-corrected chi connectivity index (χ4v) is 1.24. The second-order valence-corrected chi connectivity index (χ2v) is 3.41. The van der Waals surface area contributed by atoms with Gasteiger partial charge >= 0.3 is 5.97 Å². The van der Waals surface area contributed by atoms with Crippen LogP contribution in [0.15, 0.2) is 0 Å². The van der Waals surface area contributed by atoms with Crippen molar-refractivity contribution in [3.63, 3.8) is 0 Å². The zero-order valence-corrected chi connectivity index (χ0v) is 9.70. The number of hydrogen-bond donors (Lipinski definition) is 1. The van der Waals surface area contributed by atoms with Crippen molar-refractivity contribution in [1.82, 2.24) is 0 Å². The molecule has 1 unspecified atom stereocenters. The van der Waals surface area contributed by atoms with Crippen molar-refractivity contribution in [2.45, 2.75) is 52.2 Å². The van der Waals surface area contributed by atoms with E-state index < -0.39 is 12.3 Å². The maximum Gasteiger partial charge on any atom is 0.361 e. The summed E-state index contributed by atoms with van der Waals surface area (Å²) in [6.45, 7) is 4.72. The first kappa shape index (κ1) is 14.4.